The van der Waals surface area contributed by atoms with Crippen molar-refractivity contribution < 1.29 is 9.15 Å². The van der Waals surface area contributed by atoms with Gasteiger partial charge in [-0.05, 0) is 30.9 Å². The number of benzene rings is 2. The van der Waals surface area contributed by atoms with Crippen molar-refractivity contribution in [3.05, 3.63) is 47.9 Å². The highest BCUT2D eigenvalue weighted by Gasteiger charge is 2.22. The van der Waals surface area contributed by atoms with Gasteiger partial charge in [-0.1, -0.05) is 24.3 Å². The molecule has 0 aliphatic carbocycles. The van der Waals surface area contributed by atoms with Crippen molar-refractivity contribution in [2.24, 2.45) is 5.73 Å². The van der Waals surface area contributed by atoms with Gasteiger partial charge >= 0.3 is 0 Å². The lowest BCUT2D eigenvalue weighted by Gasteiger charge is -2.13. The standard InChI is InChI=1S/C20H23N3O2/c1-13-18(12-23-10-9-14(21)11-23)22-20(25-13)17-7-8-19(24-2)16-6-4-3-5-15(16)17/h3-8,14H,9-12,21H2,1-2H3/t14-/m1/s1. The summed E-state index contributed by atoms with van der Waals surface area (Å²) in [6.45, 7) is 4.71. The van der Waals surface area contributed by atoms with Crippen LogP contribution in [0.15, 0.2) is 40.8 Å². The zero-order valence-corrected chi connectivity index (χ0v) is 14.7. The number of likely N-dealkylation sites (tertiary alicyclic amines) is 1. The summed E-state index contributed by atoms with van der Waals surface area (Å²) in [5, 5.41) is 2.14. The van der Waals surface area contributed by atoms with Crippen LogP contribution < -0.4 is 10.5 Å². The summed E-state index contributed by atoms with van der Waals surface area (Å²) in [6.07, 6.45) is 1.05. The fourth-order valence-electron chi connectivity index (χ4n) is 3.54. The lowest BCUT2D eigenvalue weighted by Crippen LogP contribution is -2.26. The molecule has 1 saturated heterocycles. The minimum atomic E-state index is 0.275. The van der Waals surface area contributed by atoms with E-state index in [1.54, 1.807) is 7.11 Å². The number of oxazole rings is 1. The molecule has 2 N–H and O–H groups in total. The molecule has 130 valence electrons. The topological polar surface area (TPSA) is 64.5 Å². The van der Waals surface area contributed by atoms with Gasteiger partial charge < -0.3 is 14.9 Å². The van der Waals surface area contributed by atoms with Gasteiger partial charge in [0.05, 0.1) is 12.8 Å². The Kier molecular flexibility index (Phi) is 4.19. The summed E-state index contributed by atoms with van der Waals surface area (Å²) in [6, 6.07) is 12.4. The molecule has 0 radical (unpaired) electrons. The third kappa shape index (κ3) is 3.01. The van der Waals surface area contributed by atoms with Gasteiger partial charge in [-0.2, -0.15) is 0 Å². The number of nitrogens with zero attached hydrogens (tertiary/aromatic N) is 2. The molecule has 5 heteroatoms. The first-order valence-corrected chi connectivity index (χ1v) is 8.66. The number of rotatable bonds is 4. The van der Waals surface area contributed by atoms with Crippen LogP contribution in [0.1, 0.15) is 17.9 Å². The Hall–Kier alpha value is -2.37. The predicted octanol–water partition coefficient (Wildman–Crippen LogP) is 3.34. The Morgan fingerprint density at radius 3 is 2.76 bits per heavy atom. The van der Waals surface area contributed by atoms with Crippen LogP contribution in [-0.2, 0) is 6.54 Å². The average Bonchev–Trinajstić information content (AvgIpc) is 3.20. The van der Waals surface area contributed by atoms with E-state index in [2.05, 4.69) is 17.0 Å². The smallest absolute Gasteiger partial charge is 0.227 e. The molecule has 0 bridgehead atoms. The third-order valence-electron chi connectivity index (χ3n) is 4.91. The van der Waals surface area contributed by atoms with Crippen LogP contribution in [0.5, 0.6) is 5.75 Å². The summed E-state index contributed by atoms with van der Waals surface area (Å²) in [5.41, 5.74) is 7.98. The maximum Gasteiger partial charge on any atom is 0.227 e. The lowest BCUT2D eigenvalue weighted by atomic mass is 10.0. The van der Waals surface area contributed by atoms with Crippen molar-refractivity contribution in [3.8, 4) is 17.2 Å². The molecule has 0 spiro atoms. The van der Waals surface area contributed by atoms with Crippen molar-refractivity contribution >= 4 is 10.8 Å². The minimum Gasteiger partial charge on any atom is -0.496 e. The van der Waals surface area contributed by atoms with Crippen LogP contribution in [0.4, 0.5) is 0 Å². The van der Waals surface area contributed by atoms with E-state index >= 15 is 0 Å². The predicted molar refractivity (Wildman–Crippen MR) is 98.6 cm³/mol. The molecule has 3 aromatic rings. The molecule has 1 aliphatic heterocycles. The number of aryl methyl sites for hydroxylation is 1. The van der Waals surface area contributed by atoms with E-state index in [4.69, 9.17) is 19.9 Å². The molecule has 1 aromatic heterocycles. The molecular weight excluding hydrogens is 314 g/mol. The van der Waals surface area contributed by atoms with E-state index in [1.807, 2.05) is 31.2 Å². The number of nitrogens with two attached hydrogens (primary N) is 1. The molecule has 5 nitrogen and oxygen atoms in total. The Bertz CT molecular complexity index is 903. The van der Waals surface area contributed by atoms with Gasteiger partial charge in [-0.15, -0.1) is 0 Å². The van der Waals surface area contributed by atoms with E-state index in [1.165, 1.54) is 0 Å². The van der Waals surface area contributed by atoms with Gasteiger partial charge in [0, 0.05) is 36.6 Å². The Balaban J connectivity index is 1.71. The number of hydrogen-bond acceptors (Lipinski definition) is 5. The number of methoxy groups -OCH3 is 1. The van der Waals surface area contributed by atoms with Crippen LogP contribution in [-0.4, -0.2) is 36.1 Å². The molecule has 4 rings (SSSR count). The largest absolute Gasteiger partial charge is 0.496 e. The average molecular weight is 337 g/mol. The summed E-state index contributed by atoms with van der Waals surface area (Å²) in [5.74, 6) is 2.39. The van der Waals surface area contributed by atoms with Crippen molar-refractivity contribution in [2.45, 2.75) is 25.9 Å². The fourth-order valence-corrected chi connectivity index (χ4v) is 3.54. The van der Waals surface area contributed by atoms with Gasteiger partial charge in [0.2, 0.25) is 5.89 Å². The number of aromatic nitrogens is 1. The molecule has 2 aromatic carbocycles. The zero-order valence-electron chi connectivity index (χ0n) is 14.7. The van der Waals surface area contributed by atoms with E-state index in [-0.39, 0.29) is 6.04 Å². The van der Waals surface area contributed by atoms with Gasteiger partial charge in [0.25, 0.3) is 0 Å². The number of ether oxygens (including phenoxy) is 1. The van der Waals surface area contributed by atoms with Crippen LogP contribution >= 0.6 is 0 Å². The van der Waals surface area contributed by atoms with Crippen molar-refractivity contribution in [2.75, 3.05) is 20.2 Å². The first-order chi connectivity index (χ1) is 12.2. The SMILES string of the molecule is COc1ccc(-c2nc(CN3CC[C@@H](N)C3)c(C)o2)c2ccccc12. The van der Waals surface area contributed by atoms with Crippen LogP contribution in [0.25, 0.3) is 22.2 Å². The fraction of sp³-hybridized carbons (Fsp3) is 0.350. The molecule has 1 fully saturated rings. The Morgan fingerprint density at radius 2 is 2.04 bits per heavy atom. The van der Waals surface area contributed by atoms with Crippen LogP contribution in [0, 0.1) is 6.92 Å². The van der Waals surface area contributed by atoms with E-state index in [0.717, 1.165) is 59.6 Å². The van der Waals surface area contributed by atoms with E-state index < -0.39 is 0 Å². The highest BCUT2D eigenvalue weighted by Crippen LogP contribution is 2.34. The summed E-state index contributed by atoms with van der Waals surface area (Å²) in [4.78, 5) is 7.12. The normalized spacial score (nSPS) is 18.1. The molecular formula is C20H23N3O2. The highest BCUT2D eigenvalue weighted by atomic mass is 16.5. The van der Waals surface area contributed by atoms with Crippen LogP contribution in [0.2, 0.25) is 0 Å². The van der Waals surface area contributed by atoms with Gasteiger partial charge in [0.1, 0.15) is 11.5 Å². The Morgan fingerprint density at radius 1 is 1.24 bits per heavy atom. The van der Waals surface area contributed by atoms with Gasteiger partial charge in [-0.3, -0.25) is 4.90 Å². The Labute approximate surface area is 147 Å². The molecule has 0 saturated carbocycles. The van der Waals surface area contributed by atoms with E-state index in [0.29, 0.717) is 5.89 Å². The summed E-state index contributed by atoms with van der Waals surface area (Å²) in [7, 11) is 1.69. The van der Waals surface area contributed by atoms with Crippen LogP contribution in [0.3, 0.4) is 0 Å². The second kappa shape index (κ2) is 6.50. The second-order valence-electron chi connectivity index (χ2n) is 6.67. The molecule has 0 amide bonds. The number of hydrogen-bond donors (Lipinski definition) is 1. The summed E-state index contributed by atoms with van der Waals surface area (Å²) >= 11 is 0. The van der Waals surface area contributed by atoms with Crippen molar-refractivity contribution in [1.82, 2.24) is 9.88 Å². The van der Waals surface area contributed by atoms with Crippen molar-refractivity contribution in [3.63, 3.8) is 0 Å². The zero-order chi connectivity index (χ0) is 17.4. The van der Waals surface area contributed by atoms with Gasteiger partial charge in [-0.25, -0.2) is 4.98 Å². The number of fused-ring (bicyclic) bond motifs is 1. The molecule has 25 heavy (non-hydrogen) atoms. The molecule has 0 unspecified atom stereocenters. The molecule has 1 atom stereocenters. The molecule has 2 heterocycles. The maximum absolute atomic E-state index is 6.01. The summed E-state index contributed by atoms with van der Waals surface area (Å²) < 4.78 is 11.5. The monoisotopic (exact) mass is 337 g/mol. The minimum absolute atomic E-state index is 0.275. The van der Waals surface area contributed by atoms with E-state index in [9.17, 15) is 0 Å². The maximum atomic E-state index is 6.01. The first-order valence-electron chi connectivity index (χ1n) is 8.66. The first kappa shape index (κ1) is 16.1. The third-order valence-corrected chi connectivity index (χ3v) is 4.91. The quantitative estimate of drug-likeness (QED) is 0.791. The molecule has 1 aliphatic rings. The van der Waals surface area contributed by atoms with Gasteiger partial charge in [0.15, 0.2) is 0 Å². The second-order valence-corrected chi connectivity index (χ2v) is 6.67. The highest BCUT2D eigenvalue weighted by molar-refractivity contribution is 5.98. The van der Waals surface area contributed by atoms with Crippen molar-refractivity contribution in [1.29, 1.82) is 0 Å². The lowest BCUT2D eigenvalue weighted by molar-refractivity contribution is 0.321.